The number of benzene rings is 2. The molecule has 1 aliphatic heterocycles. The maximum Gasteiger partial charge on any atom is 0.0978 e. The van der Waals surface area contributed by atoms with Crippen LogP contribution in [0.15, 0.2) is 73.0 Å². The van der Waals surface area contributed by atoms with E-state index >= 15 is 0 Å². The van der Waals surface area contributed by atoms with Crippen LogP contribution in [0.2, 0.25) is 0 Å². The van der Waals surface area contributed by atoms with Gasteiger partial charge in [-0.05, 0) is 24.1 Å². The Kier molecular flexibility index (Phi) is 11.1. The van der Waals surface area contributed by atoms with E-state index in [1.807, 2.05) is 68.5 Å². The molecule has 1 N–H and O–H groups in total. The summed E-state index contributed by atoms with van der Waals surface area (Å²) in [5.74, 6) is 0. The Balaban J connectivity index is 0.000000264. The van der Waals surface area contributed by atoms with Crippen molar-refractivity contribution in [1.82, 2.24) is 0 Å². The highest BCUT2D eigenvalue weighted by molar-refractivity contribution is 5.14. The number of ether oxygens (including phenoxy) is 2. The topological polar surface area (TPSA) is 38.7 Å². The van der Waals surface area contributed by atoms with Crippen LogP contribution in [0.3, 0.4) is 0 Å². The number of aliphatic hydroxyl groups excluding tert-OH is 1. The van der Waals surface area contributed by atoms with Gasteiger partial charge in [0.15, 0.2) is 0 Å². The third-order valence-corrected chi connectivity index (χ3v) is 3.50. The van der Waals surface area contributed by atoms with E-state index in [-0.39, 0.29) is 18.8 Å². The predicted octanol–water partition coefficient (Wildman–Crippen LogP) is 5.10. The Hall–Kier alpha value is -2.10. The van der Waals surface area contributed by atoms with Gasteiger partial charge in [-0.2, -0.15) is 0 Å². The summed E-state index contributed by atoms with van der Waals surface area (Å²) >= 11 is 0. The summed E-state index contributed by atoms with van der Waals surface area (Å²) in [6.07, 6.45) is 5.10. The Morgan fingerprint density at radius 1 is 0.960 bits per heavy atom. The summed E-state index contributed by atoms with van der Waals surface area (Å²) in [5.41, 5.74) is 2.18. The van der Waals surface area contributed by atoms with Crippen molar-refractivity contribution in [1.29, 1.82) is 0 Å². The monoisotopic (exact) mass is 342 g/mol. The molecule has 136 valence electrons. The highest BCUT2D eigenvalue weighted by Gasteiger charge is 2.15. The first-order valence-electron chi connectivity index (χ1n) is 8.90. The molecule has 0 aromatic heterocycles. The van der Waals surface area contributed by atoms with Gasteiger partial charge in [-0.25, -0.2) is 0 Å². The minimum atomic E-state index is 0.140. The summed E-state index contributed by atoms with van der Waals surface area (Å²) in [4.78, 5) is 0. The van der Waals surface area contributed by atoms with Crippen LogP contribution >= 0.6 is 0 Å². The lowest BCUT2D eigenvalue weighted by molar-refractivity contribution is 0.0136. The molecule has 2 unspecified atom stereocenters. The van der Waals surface area contributed by atoms with E-state index in [1.165, 1.54) is 5.56 Å². The normalized spacial score (nSPS) is 18.1. The van der Waals surface area contributed by atoms with Crippen molar-refractivity contribution in [3.63, 3.8) is 0 Å². The molecule has 0 aliphatic carbocycles. The van der Waals surface area contributed by atoms with E-state index in [1.54, 1.807) is 6.26 Å². The largest absolute Gasteiger partial charge is 0.498 e. The van der Waals surface area contributed by atoms with Gasteiger partial charge in [-0.3, -0.25) is 0 Å². The molecule has 3 heteroatoms. The van der Waals surface area contributed by atoms with Crippen LogP contribution in [0.5, 0.6) is 0 Å². The van der Waals surface area contributed by atoms with E-state index in [0.717, 1.165) is 12.0 Å². The van der Waals surface area contributed by atoms with Gasteiger partial charge in [0.05, 0.1) is 31.7 Å². The van der Waals surface area contributed by atoms with E-state index in [9.17, 15) is 0 Å². The van der Waals surface area contributed by atoms with Crippen LogP contribution in [-0.4, -0.2) is 17.3 Å². The lowest BCUT2D eigenvalue weighted by atomic mass is 10.1. The smallest absolute Gasteiger partial charge is 0.0978 e. The molecular formula is C22H30O3. The fourth-order valence-corrected chi connectivity index (χ4v) is 2.21. The van der Waals surface area contributed by atoms with Crippen molar-refractivity contribution in [3.8, 4) is 0 Å². The molecule has 3 nitrogen and oxygen atoms in total. The molecule has 2 aromatic carbocycles. The second-order valence-electron chi connectivity index (χ2n) is 5.49. The van der Waals surface area contributed by atoms with Gasteiger partial charge in [0.1, 0.15) is 0 Å². The molecule has 0 amide bonds. The minimum Gasteiger partial charge on any atom is -0.498 e. The SMILES string of the molecule is CC.CC1CC(OCc2ccccc2)C=CO1.OCc1ccccc1. The van der Waals surface area contributed by atoms with Gasteiger partial charge in [-0.1, -0.05) is 74.5 Å². The fraction of sp³-hybridized carbons (Fsp3) is 0.364. The average Bonchev–Trinajstić information content (AvgIpc) is 2.70. The van der Waals surface area contributed by atoms with Gasteiger partial charge < -0.3 is 14.6 Å². The first-order chi connectivity index (χ1) is 12.3. The summed E-state index contributed by atoms with van der Waals surface area (Å²) < 4.78 is 11.1. The number of hydrogen-bond acceptors (Lipinski definition) is 3. The van der Waals surface area contributed by atoms with E-state index in [2.05, 4.69) is 19.1 Å². The standard InChI is InChI=1S/C13H16O2.C7H8O.C2H6/c1-11-9-13(7-8-14-11)15-10-12-5-3-2-4-6-12;8-6-7-4-2-1-3-5-7;1-2/h2-8,11,13H,9-10H2,1H3;1-5,8H,6H2;1-2H3. The molecule has 0 bridgehead atoms. The first-order valence-corrected chi connectivity index (χ1v) is 8.90. The highest BCUT2D eigenvalue weighted by atomic mass is 16.5. The van der Waals surface area contributed by atoms with Crippen molar-refractivity contribution in [3.05, 3.63) is 84.1 Å². The Morgan fingerprint density at radius 3 is 2.00 bits per heavy atom. The third-order valence-electron chi connectivity index (χ3n) is 3.50. The molecule has 25 heavy (non-hydrogen) atoms. The van der Waals surface area contributed by atoms with Gasteiger partial charge in [0.2, 0.25) is 0 Å². The first kappa shape index (κ1) is 20.9. The van der Waals surface area contributed by atoms with Crippen LogP contribution in [0.25, 0.3) is 0 Å². The maximum absolute atomic E-state index is 8.54. The van der Waals surface area contributed by atoms with E-state index < -0.39 is 0 Å². The third kappa shape index (κ3) is 9.08. The zero-order chi connectivity index (χ0) is 18.3. The second-order valence-corrected chi connectivity index (χ2v) is 5.49. The van der Waals surface area contributed by atoms with Crippen LogP contribution in [0.4, 0.5) is 0 Å². The van der Waals surface area contributed by atoms with Gasteiger partial charge >= 0.3 is 0 Å². The summed E-state index contributed by atoms with van der Waals surface area (Å²) in [6.45, 7) is 6.87. The van der Waals surface area contributed by atoms with Crippen LogP contribution in [-0.2, 0) is 22.7 Å². The molecule has 0 spiro atoms. The molecule has 1 heterocycles. The zero-order valence-corrected chi connectivity index (χ0v) is 15.5. The van der Waals surface area contributed by atoms with Crippen LogP contribution in [0.1, 0.15) is 38.3 Å². The maximum atomic E-state index is 8.54. The number of rotatable bonds is 4. The molecule has 1 aliphatic rings. The van der Waals surface area contributed by atoms with Gasteiger partial charge in [-0.15, -0.1) is 0 Å². The highest BCUT2D eigenvalue weighted by Crippen LogP contribution is 2.15. The summed E-state index contributed by atoms with van der Waals surface area (Å²) in [6, 6.07) is 19.7. The van der Waals surface area contributed by atoms with E-state index in [4.69, 9.17) is 14.6 Å². The Bertz CT molecular complexity index is 566. The Morgan fingerprint density at radius 2 is 1.52 bits per heavy atom. The number of aliphatic hydroxyl groups is 1. The zero-order valence-electron chi connectivity index (χ0n) is 15.5. The summed E-state index contributed by atoms with van der Waals surface area (Å²) in [7, 11) is 0. The van der Waals surface area contributed by atoms with Gasteiger partial charge in [0.25, 0.3) is 0 Å². The van der Waals surface area contributed by atoms with Crippen molar-refractivity contribution < 1.29 is 14.6 Å². The fourth-order valence-electron chi connectivity index (χ4n) is 2.21. The molecule has 0 saturated heterocycles. The van der Waals surface area contributed by atoms with Crippen molar-refractivity contribution in [2.75, 3.05) is 0 Å². The van der Waals surface area contributed by atoms with Gasteiger partial charge in [0, 0.05) is 6.42 Å². The molecule has 2 atom stereocenters. The van der Waals surface area contributed by atoms with Crippen LogP contribution < -0.4 is 0 Å². The van der Waals surface area contributed by atoms with Crippen LogP contribution in [0, 0.1) is 0 Å². The molecular weight excluding hydrogens is 312 g/mol. The predicted molar refractivity (Wildman–Crippen MR) is 103 cm³/mol. The molecule has 0 saturated carbocycles. The summed E-state index contributed by atoms with van der Waals surface area (Å²) in [5, 5.41) is 8.54. The average molecular weight is 342 g/mol. The molecule has 2 aromatic rings. The van der Waals surface area contributed by atoms with Crippen molar-refractivity contribution in [2.24, 2.45) is 0 Å². The van der Waals surface area contributed by atoms with E-state index in [0.29, 0.717) is 6.61 Å². The molecule has 0 fully saturated rings. The molecule has 3 rings (SSSR count). The number of hydrogen-bond donors (Lipinski definition) is 1. The lowest BCUT2D eigenvalue weighted by Gasteiger charge is -2.22. The lowest BCUT2D eigenvalue weighted by Crippen LogP contribution is -2.21. The van der Waals surface area contributed by atoms with Crippen molar-refractivity contribution >= 4 is 0 Å². The molecule has 0 radical (unpaired) electrons. The van der Waals surface area contributed by atoms with Crippen molar-refractivity contribution in [2.45, 2.75) is 52.6 Å². The minimum absolute atomic E-state index is 0.140. The Labute approximate surface area is 151 Å². The second kappa shape index (κ2) is 13.2. The quantitative estimate of drug-likeness (QED) is 0.840.